The fourth-order valence-electron chi connectivity index (χ4n) is 2.40. The van der Waals surface area contributed by atoms with Crippen LogP contribution in [0.4, 0.5) is 0 Å². The third-order valence-electron chi connectivity index (χ3n) is 3.25. The zero-order valence-electron chi connectivity index (χ0n) is 10.2. The van der Waals surface area contributed by atoms with E-state index in [1.807, 2.05) is 13.0 Å². The molecule has 0 spiro atoms. The number of hydrogen-bond donors (Lipinski definition) is 1. The minimum absolute atomic E-state index is 0.251. The Morgan fingerprint density at radius 1 is 1.53 bits per heavy atom. The SMILES string of the molecule is Cc1cccc(CN2CCCCC2C(N)=S)n1. The van der Waals surface area contributed by atoms with Gasteiger partial charge in [-0.2, -0.15) is 0 Å². The Balaban J connectivity index is 2.08. The molecule has 2 N–H and O–H groups in total. The normalized spacial score (nSPS) is 21.4. The summed E-state index contributed by atoms with van der Waals surface area (Å²) in [6, 6.07) is 6.39. The average Bonchev–Trinajstić information content (AvgIpc) is 2.29. The summed E-state index contributed by atoms with van der Waals surface area (Å²) in [7, 11) is 0. The first-order valence-electron chi connectivity index (χ1n) is 6.13. The molecule has 1 unspecified atom stereocenters. The summed E-state index contributed by atoms with van der Waals surface area (Å²) in [5.41, 5.74) is 7.98. The molecule has 17 heavy (non-hydrogen) atoms. The van der Waals surface area contributed by atoms with Gasteiger partial charge in [0.2, 0.25) is 0 Å². The van der Waals surface area contributed by atoms with E-state index in [2.05, 4.69) is 22.0 Å². The highest BCUT2D eigenvalue weighted by molar-refractivity contribution is 7.80. The molecule has 2 heterocycles. The molecule has 2 rings (SSSR count). The highest BCUT2D eigenvalue weighted by Gasteiger charge is 2.24. The Kier molecular flexibility index (Phi) is 4.07. The maximum absolute atomic E-state index is 5.81. The van der Waals surface area contributed by atoms with Crippen LogP contribution < -0.4 is 5.73 Å². The van der Waals surface area contributed by atoms with Crippen LogP contribution in [0.5, 0.6) is 0 Å². The maximum Gasteiger partial charge on any atom is 0.0902 e. The van der Waals surface area contributed by atoms with Crippen molar-refractivity contribution in [3.8, 4) is 0 Å². The number of nitrogens with zero attached hydrogens (tertiary/aromatic N) is 2. The molecule has 1 aliphatic rings. The summed E-state index contributed by atoms with van der Waals surface area (Å²) in [6.45, 7) is 3.94. The van der Waals surface area contributed by atoms with Crippen molar-refractivity contribution >= 4 is 17.2 Å². The van der Waals surface area contributed by atoms with Gasteiger partial charge >= 0.3 is 0 Å². The Hall–Kier alpha value is -1.00. The van der Waals surface area contributed by atoms with Crippen molar-refractivity contribution < 1.29 is 0 Å². The minimum Gasteiger partial charge on any atom is -0.392 e. The van der Waals surface area contributed by atoms with Crippen molar-refractivity contribution in [1.82, 2.24) is 9.88 Å². The molecule has 1 aromatic heterocycles. The standard InChI is InChI=1S/C13H19N3S/c1-10-5-4-6-11(15-10)9-16-8-3-2-7-12(16)13(14)17/h4-6,12H,2-3,7-9H2,1H3,(H2,14,17). The number of pyridine rings is 1. The van der Waals surface area contributed by atoms with Gasteiger partial charge in [-0.15, -0.1) is 0 Å². The lowest BCUT2D eigenvalue weighted by Crippen LogP contribution is -2.46. The van der Waals surface area contributed by atoms with Gasteiger partial charge in [0.15, 0.2) is 0 Å². The number of rotatable bonds is 3. The van der Waals surface area contributed by atoms with Gasteiger partial charge in [-0.25, -0.2) is 0 Å². The van der Waals surface area contributed by atoms with E-state index in [9.17, 15) is 0 Å². The van der Waals surface area contributed by atoms with Gasteiger partial charge in [-0.05, 0) is 38.4 Å². The summed E-state index contributed by atoms with van der Waals surface area (Å²) in [4.78, 5) is 7.51. The van der Waals surface area contributed by atoms with Gasteiger partial charge in [0.25, 0.3) is 0 Å². The molecule has 4 heteroatoms. The van der Waals surface area contributed by atoms with E-state index < -0.39 is 0 Å². The van der Waals surface area contributed by atoms with E-state index in [0.717, 1.165) is 30.9 Å². The van der Waals surface area contributed by atoms with Gasteiger partial charge in [-0.1, -0.05) is 24.7 Å². The Bertz CT molecular complexity index is 405. The number of aromatic nitrogens is 1. The second kappa shape index (κ2) is 5.56. The van der Waals surface area contributed by atoms with E-state index in [1.165, 1.54) is 12.8 Å². The van der Waals surface area contributed by atoms with E-state index in [1.54, 1.807) is 0 Å². The van der Waals surface area contributed by atoms with Crippen LogP contribution in [-0.2, 0) is 6.54 Å². The van der Waals surface area contributed by atoms with E-state index in [-0.39, 0.29) is 6.04 Å². The first kappa shape index (κ1) is 12.5. The molecular weight excluding hydrogens is 230 g/mol. The zero-order valence-corrected chi connectivity index (χ0v) is 11.0. The van der Waals surface area contributed by atoms with Crippen molar-refractivity contribution in [1.29, 1.82) is 0 Å². The van der Waals surface area contributed by atoms with Gasteiger partial charge in [0.05, 0.1) is 16.7 Å². The van der Waals surface area contributed by atoms with Crippen LogP contribution in [0.3, 0.4) is 0 Å². The zero-order chi connectivity index (χ0) is 12.3. The van der Waals surface area contributed by atoms with Crippen molar-refractivity contribution in [2.24, 2.45) is 5.73 Å². The highest BCUT2D eigenvalue weighted by atomic mass is 32.1. The number of hydrogen-bond acceptors (Lipinski definition) is 3. The molecule has 0 bridgehead atoms. The number of nitrogens with two attached hydrogens (primary N) is 1. The minimum atomic E-state index is 0.251. The van der Waals surface area contributed by atoms with E-state index in [0.29, 0.717) is 4.99 Å². The Labute approximate surface area is 108 Å². The number of likely N-dealkylation sites (tertiary alicyclic amines) is 1. The van der Waals surface area contributed by atoms with Gasteiger partial charge in [0, 0.05) is 12.2 Å². The number of piperidine rings is 1. The van der Waals surface area contributed by atoms with Crippen molar-refractivity contribution in [3.05, 3.63) is 29.6 Å². The molecule has 0 aliphatic carbocycles. The summed E-state index contributed by atoms with van der Waals surface area (Å²) >= 11 is 5.15. The van der Waals surface area contributed by atoms with Crippen LogP contribution in [0.2, 0.25) is 0 Å². The predicted molar refractivity (Wildman–Crippen MR) is 73.8 cm³/mol. The van der Waals surface area contributed by atoms with Crippen LogP contribution in [0, 0.1) is 6.92 Å². The quantitative estimate of drug-likeness (QED) is 0.832. The molecule has 0 radical (unpaired) electrons. The van der Waals surface area contributed by atoms with Crippen LogP contribution >= 0.6 is 12.2 Å². The fraction of sp³-hybridized carbons (Fsp3) is 0.538. The summed E-state index contributed by atoms with van der Waals surface area (Å²) in [6.07, 6.45) is 3.53. The Morgan fingerprint density at radius 3 is 3.06 bits per heavy atom. The van der Waals surface area contributed by atoms with Crippen LogP contribution in [0.25, 0.3) is 0 Å². The summed E-state index contributed by atoms with van der Waals surface area (Å²) in [5, 5.41) is 0. The number of aryl methyl sites for hydroxylation is 1. The maximum atomic E-state index is 5.81. The average molecular weight is 249 g/mol. The van der Waals surface area contributed by atoms with Crippen molar-refractivity contribution in [3.63, 3.8) is 0 Å². The lowest BCUT2D eigenvalue weighted by atomic mass is 10.0. The fourth-order valence-corrected chi connectivity index (χ4v) is 2.67. The molecule has 0 amide bonds. The first-order chi connectivity index (χ1) is 8.16. The van der Waals surface area contributed by atoms with Crippen molar-refractivity contribution in [2.75, 3.05) is 6.54 Å². The van der Waals surface area contributed by atoms with Gasteiger partial charge < -0.3 is 5.73 Å². The molecule has 1 atom stereocenters. The van der Waals surface area contributed by atoms with E-state index in [4.69, 9.17) is 18.0 Å². The molecule has 92 valence electrons. The van der Waals surface area contributed by atoms with Crippen LogP contribution in [0.15, 0.2) is 18.2 Å². The van der Waals surface area contributed by atoms with Gasteiger partial charge in [-0.3, -0.25) is 9.88 Å². The monoisotopic (exact) mass is 249 g/mol. The lowest BCUT2D eigenvalue weighted by molar-refractivity contribution is 0.182. The van der Waals surface area contributed by atoms with Crippen LogP contribution in [0.1, 0.15) is 30.7 Å². The highest BCUT2D eigenvalue weighted by Crippen LogP contribution is 2.19. The number of thiocarbonyl (C=S) groups is 1. The molecule has 1 aromatic rings. The van der Waals surface area contributed by atoms with E-state index >= 15 is 0 Å². The molecular formula is C13H19N3S. The smallest absolute Gasteiger partial charge is 0.0902 e. The molecule has 1 aliphatic heterocycles. The van der Waals surface area contributed by atoms with Crippen molar-refractivity contribution in [2.45, 2.75) is 38.8 Å². The molecule has 3 nitrogen and oxygen atoms in total. The third kappa shape index (κ3) is 3.23. The first-order valence-corrected chi connectivity index (χ1v) is 6.53. The summed E-state index contributed by atoms with van der Waals surface area (Å²) in [5.74, 6) is 0. The largest absolute Gasteiger partial charge is 0.392 e. The molecule has 0 saturated carbocycles. The predicted octanol–water partition coefficient (Wildman–Crippen LogP) is 2.03. The molecule has 0 aromatic carbocycles. The van der Waals surface area contributed by atoms with Crippen LogP contribution in [-0.4, -0.2) is 27.5 Å². The van der Waals surface area contributed by atoms with Gasteiger partial charge in [0.1, 0.15) is 0 Å². The Morgan fingerprint density at radius 2 is 2.35 bits per heavy atom. The second-order valence-corrected chi connectivity index (χ2v) is 5.13. The topological polar surface area (TPSA) is 42.1 Å². The lowest BCUT2D eigenvalue weighted by Gasteiger charge is -2.34. The third-order valence-corrected chi connectivity index (χ3v) is 3.53. The second-order valence-electron chi connectivity index (χ2n) is 4.65. The molecule has 1 fully saturated rings. The summed E-state index contributed by atoms with van der Waals surface area (Å²) < 4.78 is 0. The molecule has 1 saturated heterocycles.